The predicted octanol–water partition coefficient (Wildman–Crippen LogP) is 8.16. The van der Waals surface area contributed by atoms with E-state index in [0.717, 1.165) is 11.2 Å². The number of rotatable bonds is 1. The number of furan rings is 1. The van der Waals surface area contributed by atoms with E-state index in [1.54, 1.807) is 0 Å². The third-order valence-electron chi connectivity index (χ3n) is 5.71. The highest BCUT2D eigenvalue weighted by Crippen LogP contribution is 2.40. The van der Waals surface area contributed by atoms with E-state index in [0.29, 0.717) is 0 Å². The molecular weight excluding hydrogens is 340 g/mol. The van der Waals surface area contributed by atoms with Crippen LogP contribution in [-0.4, -0.2) is 0 Å². The zero-order valence-electron chi connectivity index (χ0n) is 18.1. The maximum absolute atomic E-state index is 6.19. The second-order valence-electron chi connectivity index (χ2n) is 10.0. The molecule has 4 aromatic rings. The van der Waals surface area contributed by atoms with Gasteiger partial charge in [0, 0.05) is 10.8 Å². The molecule has 0 N–H and O–H groups in total. The van der Waals surface area contributed by atoms with Crippen molar-refractivity contribution in [1.29, 1.82) is 0 Å². The third-order valence-corrected chi connectivity index (χ3v) is 5.71. The number of fused-ring (bicyclic) bond motifs is 3. The van der Waals surface area contributed by atoms with Gasteiger partial charge in [-0.2, -0.15) is 0 Å². The number of hydrogen-bond donors (Lipinski definition) is 0. The molecule has 144 valence electrons. The van der Waals surface area contributed by atoms with Crippen molar-refractivity contribution in [2.75, 3.05) is 0 Å². The fourth-order valence-electron chi connectivity index (χ4n) is 3.93. The van der Waals surface area contributed by atoms with E-state index in [1.807, 2.05) is 0 Å². The van der Waals surface area contributed by atoms with Gasteiger partial charge in [-0.05, 0) is 57.7 Å². The lowest BCUT2D eigenvalue weighted by Crippen LogP contribution is -2.16. The Labute approximate surface area is 168 Å². The topological polar surface area (TPSA) is 13.1 Å². The van der Waals surface area contributed by atoms with Gasteiger partial charge in [0.1, 0.15) is 11.2 Å². The average molecular weight is 371 g/mol. The van der Waals surface area contributed by atoms with Crippen molar-refractivity contribution < 1.29 is 4.42 Å². The highest BCUT2D eigenvalue weighted by atomic mass is 16.3. The summed E-state index contributed by atoms with van der Waals surface area (Å²) in [6.45, 7) is 15.9. The monoisotopic (exact) mass is 370 g/mol. The molecule has 1 aromatic heterocycles. The Bertz CT molecular complexity index is 1140. The molecule has 0 bridgehead atoms. The van der Waals surface area contributed by atoms with Gasteiger partial charge in [-0.25, -0.2) is 0 Å². The SMILES string of the molecule is Cc1cccc2oc3cccc(-c4cc(C(C)(C)C)cc(C(C)(C)C)c4)c3c12. The molecule has 1 heterocycles. The fraction of sp³-hybridized carbons (Fsp3) is 0.333. The summed E-state index contributed by atoms with van der Waals surface area (Å²) in [5.74, 6) is 0. The van der Waals surface area contributed by atoms with Crippen LogP contribution in [0.3, 0.4) is 0 Å². The van der Waals surface area contributed by atoms with E-state index in [9.17, 15) is 0 Å². The van der Waals surface area contributed by atoms with Crippen molar-refractivity contribution in [3.63, 3.8) is 0 Å². The van der Waals surface area contributed by atoms with Crippen LogP contribution in [0.2, 0.25) is 0 Å². The molecule has 0 saturated carbocycles. The van der Waals surface area contributed by atoms with Crippen molar-refractivity contribution in [2.45, 2.75) is 59.3 Å². The lowest BCUT2D eigenvalue weighted by molar-refractivity contribution is 0.569. The molecule has 0 fully saturated rings. The summed E-state index contributed by atoms with van der Waals surface area (Å²) in [4.78, 5) is 0. The molecule has 0 radical (unpaired) electrons. The summed E-state index contributed by atoms with van der Waals surface area (Å²) < 4.78 is 6.19. The minimum atomic E-state index is 0.0955. The van der Waals surface area contributed by atoms with E-state index < -0.39 is 0 Å². The molecular formula is C27H30O. The second-order valence-corrected chi connectivity index (χ2v) is 10.0. The van der Waals surface area contributed by atoms with Gasteiger partial charge >= 0.3 is 0 Å². The van der Waals surface area contributed by atoms with Gasteiger partial charge in [-0.15, -0.1) is 0 Å². The van der Waals surface area contributed by atoms with E-state index in [-0.39, 0.29) is 10.8 Å². The summed E-state index contributed by atoms with van der Waals surface area (Å²) in [6, 6.07) is 19.8. The van der Waals surface area contributed by atoms with Crippen molar-refractivity contribution >= 4 is 21.9 Å². The first kappa shape index (κ1) is 18.8. The van der Waals surface area contributed by atoms with E-state index in [4.69, 9.17) is 4.42 Å². The Morgan fingerprint density at radius 2 is 1.18 bits per heavy atom. The molecule has 4 rings (SSSR count). The minimum Gasteiger partial charge on any atom is -0.456 e. The molecule has 0 amide bonds. The maximum Gasteiger partial charge on any atom is 0.136 e. The van der Waals surface area contributed by atoms with Crippen LogP contribution in [0.4, 0.5) is 0 Å². The van der Waals surface area contributed by atoms with Crippen molar-refractivity contribution in [3.8, 4) is 11.1 Å². The normalized spacial score (nSPS) is 12.8. The molecule has 0 atom stereocenters. The van der Waals surface area contributed by atoms with Gasteiger partial charge in [0.2, 0.25) is 0 Å². The van der Waals surface area contributed by atoms with Gasteiger partial charge in [0.05, 0.1) is 0 Å². The summed E-state index contributed by atoms with van der Waals surface area (Å²) in [7, 11) is 0. The molecule has 0 spiro atoms. The van der Waals surface area contributed by atoms with Crippen LogP contribution >= 0.6 is 0 Å². The highest BCUT2D eigenvalue weighted by Gasteiger charge is 2.22. The zero-order chi connectivity index (χ0) is 20.3. The Hall–Kier alpha value is -2.54. The molecule has 0 aliphatic carbocycles. The Balaban J connectivity index is 2.09. The summed E-state index contributed by atoms with van der Waals surface area (Å²) >= 11 is 0. The Morgan fingerprint density at radius 3 is 1.75 bits per heavy atom. The standard InChI is InChI=1S/C27H30O/c1-17-10-8-12-22-24(17)25-21(11-9-13-23(25)28-22)18-14-19(26(2,3)4)16-20(15-18)27(5,6)7/h8-16H,1-7H3. The summed E-state index contributed by atoms with van der Waals surface area (Å²) in [5, 5.41) is 2.45. The summed E-state index contributed by atoms with van der Waals surface area (Å²) in [5.41, 5.74) is 8.64. The zero-order valence-corrected chi connectivity index (χ0v) is 18.1. The van der Waals surface area contributed by atoms with Crippen LogP contribution in [0.15, 0.2) is 59.0 Å². The smallest absolute Gasteiger partial charge is 0.136 e. The first-order valence-electron chi connectivity index (χ1n) is 10.1. The van der Waals surface area contributed by atoms with Crippen LogP contribution in [0, 0.1) is 6.92 Å². The minimum absolute atomic E-state index is 0.0955. The van der Waals surface area contributed by atoms with Gasteiger partial charge < -0.3 is 4.42 Å². The van der Waals surface area contributed by atoms with Crippen LogP contribution < -0.4 is 0 Å². The first-order chi connectivity index (χ1) is 13.1. The molecule has 1 heteroatoms. The lowest BCUT2D eigenvalue weighted by Gasteiger charge is -2.26. The van der Waals surface area contributed by atoms with Crippen molar-refractivity contribution in [1.82, 2.24) is 0 Å². The molecule has 3 aromatic carbocycles. The second kappa shape index (κ2) is 6.24. The quantitative estimate of drug-likeness (QED) is 0.329. The van der Waals surface area contributed by atoms with Gasteiger partial charge in [-0.1, -0.05) is 84.0 Å². The third kappa shape index (κ3) is 3.13. The highest BCUT2D eigenvalue weighted by molar-refractivity contribution is 6.13. The van der Waals surface area contributed by atoms with E-state index in [2.05, 4.69) is 103 Å². The van der Waals surface area contributed by atoms with E-state index >= 15 is 0 Å². The first-order valence-corrected chi connectivity index (χ1v) is 10.1. The molecule has 1 nitrogen and oxygen atoms in total. The molecule has 0 aliphatic rings. The molecule has 28 heavy (non-hydrogen) atoms. The van der Waals surface area contributed by atoms with Crippen LogP contribution in [-0.2, 0) is 10.8 Å². The van der Waals surface area contributed by atoms with Crippen LogP contribution in [0.25, 0.3) is 33.1 Å². The number of benzene rings is 3. The van der Waals surface area contributed by atoms with Gasteiger partial charge in [0.15, 0.2) is 0 Å². The predicted molar refractivity (Wildman–Crippen MR) is 121 cm³/mol. The van der Waals surface area contributed by atoms with E-state index in [1.165, 1.54) is 38.6 Å². The van der Waals surface area contributed by atoms with Crippen molar-refractivity contribution in [2.24, 2.45) is 0 Å². The Morgan fingerprint density at radius 1 is 0.643 bits per heavy atom. The van der Waals surface area contributed by atoms with Crippen LogP contribution in [0.5, 0.6) is 0 Å². The fourth-order valence-corrected chi connectivity index (χ4v) is 3.93. The molecule has 0 saturated heterocycles. The number of hydrogen-bond acceptors (Lipinski definition) is 1. The lowest BCUT2D eigenvalue weighted by atomic mass is 9.78. The van der Waals surface area contributed by atoms with Gasteiger partial charge in [0.25, 0.3) is 0 Å². The molecule has 0 aliphatic heterocycles. The molecule has 0 unspecified atom stereocenters. The Kier molecular flexibility index (Phi) is 4.19. The largest absolute Gasteiger partial charge is 0.456 e. The maximum atomic E-state index is 6.19. The average Bonchev–Trinajstić information content (AvgIpc) is 2.99. The van der Waals surface area contributed by atoms with Crippen LogP contribution in [0.1, 0.15) is 58.2 Å². The van der Waals surface area contributed by atoms with Gasteiger partial charge in [-0.3, -0.25) is 0 Å². The van der Waals surface area contributed by atoms with Crippen molar-refractivity contribution in [3.05, 3.63) is 71.3 Å². The number of aryl methyl sites for hydroxylation is 1. The summed E-state index contributed by atoms with van der Waals surface area (Å²) in [6.07, 6.45) is 0.